The molecule has 0 fully saturated rings. The van der Waals surface area contributed by atoms with E-state index in [9.17, 15) is 0 Å². The first-order chi connectivity index (χ1) is 8.27. The van der Waals surface area contributed by atoms with Crippen LogP contribution in [-0.4, -0.2) is 41.2 Å². The molecule has 0 atom stereocenters. The van der Waals surface area contributed by atoms with Crippen molar-refractivity contribution >= 4 is 11.5 Å². The number of likely N-dealkylation sites (N-methyl/N-ethyl adjacent to an activating group) is 1. The first kappa shape index (κ1) is 14.5. The summed E-state index contributed by atoms with van der Waals surface area (Å²) >= 11 is 1.54. The highest BCUT2D eigenvalue weighted by atomic mass is 32.1. The van der Waals surface area contributed by atoms with Crippen molar-refractivity contribution in [3.05, 3.63) is 10.6 Å². The molecule has 0 saturated carbocycles. The summed E-state index contributed by atoms with van der Waals surface area (Å²) in [6.07, 6.45) is 3.39. The third-order valence-electron chi connectivity index (χ3n) is 2.63. The van der Waals surface area contributed by atoms with Gasteiger partial charge in [0.2, 0.25) is 0 Å². The Morgan fingerprint density at radius 3 is 2.76 bits per heavy atom. The van der Waals surface area contributed by atoms with Gasteiger partial charge in [0.15, 0.2) is 0 Å². The van der Waals surface area contributed by atoms with E-state index in [0.717, 1.165) is 39.0 Å². The Labute approximate surface area is 109 Å². The summed E-state index contributed by atoms with van der Waals surface area (Å²) in [5.74, 6) is 0. The van der Waals surface area contributed by atoms with Gasteiger partial charge in [-0.2, -0.15) is 0 Å². The first-order valence-corrected chi connectivity index (χ1v) is 7.24. The first-order valence-electron chi connectivity index (χ1n) is 6.47. The second-order valence-electron chi connectivity index (χ2n) is 4.38. The van der Waals surface area contributed by atoms with Crippen molar-refractivity contribution in [2.24, 2.45) is 0 Å². The quantitative estimate of drug-likeness (QED) is 0.685. The molecule has 0 aromatic carbocycles. The second-order valence-corrected chi connectivity index (χ2v) is 5.22. The van der Waals surface area contributed by atoms with Crippen molar-refractivity contribution in [1.82, 2.24) is 19.8 Å². The summed E-state index contributed by atoms with van der Waals surface area (Å²) in [5.41, 5.74) is 1.19. The number of nitrogens with one attached hydrogen (secondary N) is 1. The van der Waals surface area contributed by atoms with Crippen LogP contribution in [0.1, 0.15) is 37.3 Å². The van der Waals surface area contributed by atoms with Gasteiger partial charge >= 0.3 is 0 Å². The molecule has 98 valence electrons. The Kier molecular flexibility index (Phi) is 7.32. The van der Waals surface area contributed by atoms with Gasteiger partial charge in [-0.1, -0.05) is 24.8 Å². The molecule has 5 heteroatoms. The Morgan fingerprint density at radius 2 is 2.06 bits per heavy atom. The molecule has 0 bridgehead atoms. The average molecular weight is 256 g/mol. The lowest BCUT2D eigenvalue weighted by Crippen LogP contribution is -2.29. The van der Waals surface area contributed by atoms with E-state index in [-0.39, 0.29) is 0 Å². The minimum atomic E-state index is 0.973. The topological polar surface area (TPSA) is 41.0 Å². The van der Waals surface area contributed by atoms with Crippen LogP contribution in [0.5, 0.6) is 0 Å². The molecular weight excluding hydrogens is 232 g/mol. The van der Waals surface area contributed by atoms with Gasteiger partial charge < -0.3 is 5.32 Å². The zero-order valence-electron chi connectivity index (χ0n) is 11.2. The number of hydrogen-bond acceptors (Lipinski definition) is 5. The molecular formula is C12H24N4S. The molecule has 0 amide bonds. The van der Waals surface area contributed by atoms with Crippen molar-refractivity contribution in [1.29, 1.82) is 0 Å². The Hall–Kier alpha value is -0.520. The van der Waals surface area contributed by atoms with Gasteiger partial charge in [-0.15, -0.1) is 5.10 Å². The van der Waals surface area contributed by atoms with Gasteiger partial charge in [0.25, 0.3) is 0 Å². The maximum atomic E-state index is 4.19. The summed E-state index contributed by atoms with van der Waals surface area (Å²) in [5, 5.41) is 7.61. The fourth-order valence-corrected chi connectivity index (χ4v) is 2.43. The normalized spacial score (nSPS) is 11.3. The molecule has 17 heavy (non-hydrogen) atoms. The molecule has 1 aromatic rings. The van der Waals surface area contributed by atoms with E-state index in [1.54, 1.807) is 0 Å². The third kappa shape index (κ3) is 5.57. The zero-order valence-corrected chi connectivity index (χ0v) is 12.0. The molecule has 0 aliphatic heterocycles. The molecule has 0 radical (unpaired) electrons. The van der Waals surface area contributed by atoms with Crippen molar-refractivity contribution in [3.63, 3.8) is 0 Å². The molecule has 1 N–H and O–H groups in total. The van der Waals surface area contributed by atoms with Gasteiger partial charge in [-0.3, -0.25) is 4.90 Å². The van der Waals surface area contributed by atoms with Crippen LogP contribution in [0.25, 0.3) is 0 Å². The molecule has 4 nitrogen and oxygen atoms in total. The predicted molar refractivity (Wildman–Crippen MR) is 73.4 cm³/mol. The molecule has 0 saturated heterocycles. The highest BCUT2D eigenvalue weighted by Gasteiger charge is 2.09. The van der Waals surface area contributed by atoms with E-state index in [2.05, 4.69) is 40.7 Å². The second kappa shape index (κ2) is 8.55. The molecule has 0 unspecified atom stereocenters. The standard InChI is InChI=1S/C12H24N4S/c1-4-6-11-12(17-15-14-11)10-16(3)9-8-13-7-5-2/h13H,4-10H2,1-3H3. The summed E-state index contributed by atoms with van der Waals surface area (Å²) in [7, 11) is 2.16. The number of rotatable bonds is 9. The van der Waals surface area contributed by atoms with Gasteiger partial charge in [0.1, 0.15) is 0 Å². The lowest BCUT2D eigenvalue weighted by atomic mass is 10.2. The largest absolute Gasteiger partial charge is 0.315 e. The molecule has 1 aromatic heterocycles. The number of nitrogens with zero attached hydrogens (tertiary/aromatic N) is 3. The van der Waals surface area contributed by atoms with E-state index >= 15 is 0 Å². The van der Waals surface area contributed by atoms with Crippen LogP contribution in [-0.2, 0) is 13.0 Å². The third-order valence-corrected chi connectivity index (χ3v) is 3.38. The van der Waals surface area contributed by atoms with Crippen LogP contribution < -0.4 is 5.32 Å². The predicted octanol–water partition coefficient (Wildman–Crippen LogP) is 1.92. The maximum absolute atomic E-state index is 4.19. The van der Waals surface area contributed by atoms with Crippen LogP contribution in [0.4, 0.5) is 0 Å². The molecule has 0 spiro atoms. The van der Waals surface area contributed by atoms with Crippen molar-refractivity contribution in [2.75, 3.05) is 26.7 Å². The van der Waals surface area contributed by atoms with Crippen LogP contribution in [0, 0.1) is 0 Å². The zero-order chi connectivity index (χ0) is 12.5. The monoisotopic (exact) mass is 256 g/mol. The van der Waals surface area contributed by atoms with Crippen LogP contribution in [0.3, 0.4) is 0 Å². The van der Waals surface area contributed by atoms with E-state index in [1.807, 2.05) is 0 Å². The smallest absolute Gasteiger partial charge is 0.0800 e. The molecule has 0 aliphatic rings. The number of aryl methyl sites for hydroxylation is 1. The van der Waals surface area contributed by atoms with Gasteiger partial charge in [0, 0.05) is 19.6 Å². The Morgan fingerprint density at radius 1 is 1.24 bits per heavy atom. The van der Waals surface area contributed by atoms with Crippen LogP contribution in [0.2, 0.25) is 0 Å². The SMILES string of the molecule is CCCNCCN(C)Cc1snnc1CCC. The van der Waals surface area contributed by atoms with Crippen molar-refractivity contribution < 1.29 is 0 Å². The van der Waals surface area contributed by atoms with Crippen molar-refractivity contribution in [2.45, 2.75) is 39.7 Å². The van der Waals surface area contributed by atoms with Gasteiger partial charge in [-0.05, 0) is 38.0 Å². The lowest BCUT2D eigenvalue weighted by Gasteiger charge is -2.16. The highest BCUT2D eigenvalue weighted by molar-refractivity contribution is 7.05. The minimum Gasteiger partial charge on any atom is -0.315 e. The van der Waals surface area contributed by atoms with Gasteiger partial charge in [0.05, 0.1) is 10.6 Å². The van der Waals surface area contributed by atoms with Crippen molar-refractivity contribution in [3.8, 4) is 0 Å². The highest BCUT2D eigenvalue weighted by Crippen LogP contribution is 2.14. The Bertz CT molecular complexity index is 300. The summed E-state index contributed by atoms with van der Waals surface area (Å²) in [6, 6.07) is 0. The van der Waals surface area contributed by atoms with Crippen LogP contribution in [0.15, 0.2) is 0 Å². The fraction of sp³-hybridized carbons (Fsp3) is 0.833. The molecule has 1 rings (SSSR count). The summed E-state index contributed by atoms with van der Waals surface area (Å²) in [6.45, 7) is 8.58. The van der Waals surface area contributed by atoms with Gasteiger partial charge in [-0.25, -0.2) is 0 Å². The van der Waals surface area contributed by atoms with E-state index in [0.29, 0.717) is 0 Å². The summed E-state index contributed by atoms with van der Waals surface area (Å²) in [4.78, 5) is 3.65. The van der Waals surface area contributed by atoms with E-state index < -0.39 is 0 Å². The van der Waals surface area contributed by atoms with E-state index in [1.165, 1.54) is 28.5 Å². The fourth-order valence-electron chi connectivity index (χ4n) is 1.67. The Balaban J connectivity index is 2.29. The lowest BCUT2D eigenvalue weighted by molar-refractivity contribution is 0.326. The van der Waals surface area contributed by atoms with E-state index in [4.69, 9.17) is 0 Å². The maximum Gasteiger partial charge on any atom is 0.0800 e. The summed E-state index contributed by atoms with van der Waals surface area (Å²) < 4.78 is 4.05. The minimum absolute atomic E-state index is 0.973. The van der Waals surface area contributed by atoms with Crippen LogP contribution >= 0.6 is 11.5 Å². The molecule has 0 aliphatic carbocycles. The molecule has 1 heterocycles. The number of hydrogen-bond donors (Lipinski definition) is 1. The number of aromatic nitrogens is 2. The average Bonchev–Trinajstić information content (AvgIpc) is 2.73.